The van der Waals surface area contributed by atoms with Gasteiger partial charge in [-0.3, -0.25) is 0 Å². The maximum Gasteiger partial charge on any atom is 0.315 e. The molecule has 0 aliphatic rings. The number of urea groups is 1. The number of rotatable bonds is 9. The fourth-order valence-electron chi connectivity index (χ4n) is 2.42. The summed E-state index contributed by atoms with van der Waals surface area (Å²) in [6, 6.07) is 13.1. The van der Waals surface area contributed by atoms with Gasteiger partial charge in [-0.25, -0.2) is 4.79 Å². The quantitative estimate of drug-likeness (QED) is 0.676. The Morgan fingerprint density at radius 2 is 1.31 bits per heavy atom. The van der Waals surface area contributed by atoms with Gasteiger partial charge in [0.2, 0.25) is 0 Å². The number of carbonyl (C=O) groups is 1. The molecule has 6 nitrogen and oxygen atoms in total. The Bertz CT molecular complexity index is 681. The number of amides is 2. The molecular weight excluding hydrogens is 332 g/mol. The lowest BCUT2D eigenvalue weighted by Gasteiger charge is -2.11. The van der Waals surface area contributed by atoms with Crippen molar-refractivity contribution in [1.82, 2.24) is 10.6 Å². The minimum atomic E-state index is -0.243. The molecule has 6 heteroatoms. The summed E-state index contributed by atoms with van der Waals surface area (Å²) in [7, 11) is 1.62. The fourth-order valence-corrected chi connectivity index (χ4v) is 2.42. The van der Waals surface area contributed by atoms with Gasteiger partial charge in [-0.1, -0.05) is 6.07 Å². The molecule has 0 saturated carbocycles. The Morgan fingerprint density at radius 1 is 0.808 bits per heavy atom. The molecule has 0 aliphatic carbocycles. The largest absolute Gasteiger partial charge is 0.497 e. The van der Waals surface area contributed by atoms with Crippen LogP contribution in [0.15, 0.2) is 42.5 Å². The highest BCUT2D eigenvalue weighted by atomic mass is 16.5. The van der Waals surface area contributed by atoms with E-state index in [4.69, 9.17) is 14.2 Å². The highest BCUT2D eigenvalue weighted by molar-refractivity contribution is 5.73. The average molecular weight is 358 g/mol. The second-order valence-electron chi connectivity index (χ2n) is 5.88. The van der Waals surface area contributed by atoms with Gasteiger partial charge in [-0.2, -0.15) is 0 Å². The van der Waals surface area contributed by atoms with Crippen LogP contribution in [0.5, 0.6) is 17.2 Å². The molecule has 0 heterocycles. The number of aryl methyl sites for hydroxylation is 2. The Balaban J connectivity index is 1.55. The van der Waals surface area contributed by atoms with Crippen molar-refractivity contribution in [3.05, 3.63) is 53.6 Å². The van der Waals surface area contributed by atoms with E-state index in [1.165, 1.54) is 0 Å². The molecule has 26 heavy (non-hydrogen) atoms. The highest BCUT2D eigenvalue weighted by Gasteiger charge is 2.01. The molecule has 0 aromatic heterocycles. The van der Waals surface area contributed by atoms with Crippen LogP contribution in [-0.4, -0.2) is 39.4 Å². The van der Waals surface area contributed by atoms with Gasteiger partial charge in [0.25, 0.3) is 0 Å². The summed E-state index contributed by atoms with van der Waals surface area (Å²) in [5.41, 5.74) is 2.31. The second-order valence-corrected chi connectivity index (χ2v) is 5.88. The SMILES string of the molecule is COc1ccc(OCCNC(=O)NCCOc2cc(C)cc(C)c2)cc1. The van der Waals surface area contributed by atoms with Crippen molar-refractivity contribution in [2.24, 2.45) is 0 Å². The first-order chi connectivity index (χ1) is 12.6. The zero-order chi connectivity index (χ0) is 18.8. The van der Waals surface area contributed by atoms with Crippen LogP contribution in [0.4, 0.5) is 4.79 Å². The Hall–Kier alpha value is -2.89. The zero-order valence-corrected chi connectivity index (χ0v) is 15.5. The van der Waals surface area contributed by atoms with Gasteiger partial charge in [0.05, 0.1) is 20.2 Å². The number of benzene rings is 2. The Labute approximate surface area is 154 Å². The van der Waals surface area contributed by atoms with Gasteiger partial charge in [-0.05, 0) is 61.4 Å². The van der Waals surface area contributed by atoms with Crippen molar-refractivity contribution in [2.45, 2.75) is 13.8 Å². The third-order valence-electron chi connectivity index (χ3n) is 3.57. The number of nitrogens with one attached hydrogen (secondary N) is 2. The van der Waals surface area contributed by atoms with E-state index in [2.05, 4.69) is 16.7 Å². The molecule has 2 aromatic carbocycles. The summed E-state index contributed by atoms with van der Waals surface area (Å²) in [6.45, 7) is 5.70. The van der Waals surface area contributed by atoms with Gasteiger partial charge >= 0.3 is 6.03 Å². The van der Waals surface area contributed by atoms with Crippen molar-refractivity contribution in [3.63, 3.8) is 0 Å². The van der Waals surface area contributed by atoms with Crippen LogP contribution in [0, 0.1) is 13.8 Å². The predicted molar refractivity (Wildman–Crippen MR) is 101 cm³/mol. The van der Waals surface area contributed by atoms with Crippen LogP contribution < -0.4 is 24.8 Å². The molecule has 2 amide bonds. The average Bonchev–Trinajstić information content (AvgIpc) is 2.62. The first-order valence-corrected chi connectivity index (χ1v) is 8.56. The molecule has 2 rings (SSSR count). The molecule has 2 N–H and O–H groups in total. The lowest BCUT2D eigenvalue weighted by atomic mass is 10.1. The molecule has 0 saturated heterocycles. The van der Waals surface area contributed by atoms with Crippen LogP contribution in [0.1, 0.15) is 11.1 Å². The van der Waals surface area contributed by atoms with E-state index in [0.29, 0.717) is 26.3 Å². The van der Waals surface area contributed by atoms with E-state index in [1.54, 1.807) is 7.11 Å². The van der Waals surface area contributed by atoms with Gasteiger partial charge in [-0.15, -0.1) is 0 Å². The molecule has 0 bridgehead atoms. The van der Waals surface area contributed by atoms with Gasteiger partial charge < -0.3 is 24.8 Å². The smallest absolute Gasteiger partial charge is 0.315 e. The molecule has 0 fully saturated rings. The lowest BCUT2D eigenvalue weighted by Crippen LogP contribution is -2.39. The normalized spacial score (nSPS) is 10.1. The Morgan fingerprint density at radius 3 is 1.85 bits per heavy atom. The molecule has 0 radical (unpaired) electrons. The van der Waals surface area contributed by atoms with E-state index in [9.17, 15) is 4.79 Å². The van der Waals surface area contributed by atoms with E-state index in [0.717, 1.165) is 28.4 Å². The van der Waals surface area contributed by atoms with E-state index in [-0.39, 0.29) is 6.03 Å². The lowest BCUT2D eigenvalue weighted by molar-refractivity contribution is 0.232. The molecule has 2 aromatic rings. The third kappa shape index (κ3) is 6.93. The first-order valence-electron chi connectivity index (χ1n) is 8.56. The third-order valence-corrected chi connectivity index (χ3v) is 3.57. The standard InChI is InChI=1S/C20H26N2O4/c1-15-12-16(2)14-19(13-15)26-11-9-22-20(23)21-8-10-25-18-6-4-17(24-3)5-7-18/h4-7,12-14H,8-11H2,1-3H3,(H2,21,22,23). The summed E-state index contributed by atoms with van der Waals surface area (Å²) in [5, 5.41) is 5.49. The number of ether oxygens (including phenoxy) is 3. The Kier molecular flexibility index (Phi) is 7.61. The molecular formula is C20H26N2O4. The zero-order valence-electron chi connectivity index (χ0n) is 15.5. The maximum absolute atomic E-state index is 11.7. The van der Waals surface area contributed by atoms with Crippen molar-refractivity contribution >= 4 is 6.03 Å². The summed E-state index contributed by atoms with van der Waals surface area (Å²) >= 11 is 0. The molecule has 0 aliphatic heterocycles. The van der Waals surface area contributed by atoms with Crippen LogP contribution in [0.2, 0.25) is 0 Å². The first kappa shape index (κ1) is 19.4. The monoisotopic (exact) mass is 358 g/mol. The number of hydrogen-bond donors (Lipinski definition) is 2. The summed E-state index contributed by atoms with van der Waals surface area (Å²) in [4.78, 5) is 11.7. The fraction of sp³-hybridized carbons (Fsp3) is 0.350. The molecule has 0 atom stereocenters. The van der Waals surface area contributed by atoms with Gasteiger partial charge in [0.1, 0.15) is 30.5 Å². The molecule has 0 unspecified atom stereocenters. The van der Waals surface area contributed by atoms with Crippen molar-refractivity contribution in [2.75, 3.05) is 33.4 Å². The number of methoxy groups -OCH3 is 1. The molecule has 0 spiro atoms. The predicted octanol–water partition coefficient (Wildman–Crippen LogP) is 3.07. The van der Waals surface area contributed by atoms with Crippen LogP contribution in [0.25, 0.3) is 0 Å². The molecule has 140 valence electrons. The highest BCUT2D eigenvalue weighted by Crippen LogP contribution is 2.17. The van der Waals surface area contributed by atoms with Crippen LogP contribution in [-0.2, 0) is 0 Å². The minimum absolute atomic E-state index is 0.243. The van der Waals surface area contributed by atoms with E-state index < -0.39 is 0 Å². The van der Waals surface area contributed by atoms with Crippen LogP contribution >= 0.6 is 0 Å². The van der Waals surface area contributed by atoms with Crippen molar-refractivity contribution in [1.29, 1.82) is 0 Å². The summed E-state index contributed by atoms with van der Waals surface area (Å²) in [5.74, 6) is 2.32. The van der Waals surface area contributed by atoms with Gasteiger partial charge in [0.15, 0.2) is 0 Å². The van der Waals surface area contributed by atoms with Crippen LogP contribution in [0.3, 0.4) is 0 Å². The van der Waals surface area contributed by atoms with E-state index >= 15 is 0 Å². The summed E-state index contributed by atoms with van der Waals surface area (Å²) in [6.07, 6.45) is 0. The maximum atomic E-state index is 11.7. The van der Waals surface area contributed by atoms with E-state index in [1.807, 2.05) is 50.2 Å². The van der Waals surface area contributed by atoms with Gasteiger partial charge in [0, 0.05) is 0 Å². The summed E-state index contributed by atoms with van der Waals surface area (Å²) < 4.78 is 16.3. The number of carbonyl (C=O) groups excluding carboxylic acids is 1. The second kappa shape index (κ2) is 10.2. The van der Waals surface area contributed by atoms with Crippen molar-refractivity contribution < 1.29 is 19.0 Å². The topological polar surface area (TPSA) is 68.8 Å². The van der Waals surface area contributed by atoms with Crippen molar-refractivity contribution in [3.8, 4) is 17.2 Å². The minimum Gasteiger partial charge on any atom is -0.497 e. The number of hydrogen-bond acceptors (Lipinski definition) is 4.